The van der Waals surface area contributed by atoms with Gasteiger partial charge in [0, 0.05) is 12.0 Å². The lowest BCUT2D eigenvalue weighted by Gasteiger charge is -2.17. The van der Waals surface area contributed by atoms with E-state index < -0.39 is 12.1 Å². The second-order valence-electron chi connectivity index (χ2n) is 6.46. The summed E-state index contributed by atoms with van der Waals surface area (Å²) in [4.78, 5) is 11.8. The highest BCUT2D eigenvalue weighted by atomic mass is 19.1. The maximum absolute atomic E-state index is 12.8. The number of anilines is 1. The van der Waals surface area contributed by atoms with Crippen LogP contribution in [0, 0.1) is 5.82 Å². The summed E-state index contributed by atoms with van der Waals surface area (Å²) in [7, 11) is 0. The number of hydrogen-bond donors (Lipinski definition) is 3. The molecule has 0 saturated carbocycles. The van der Waals surface area contributed by atoms with Crippen LogP contribution in [0.3, 0.4) is 0 Å². The van der Waals surface area contributed by atoms with Gasteiger partial charge in [0.2, 0.25) is 0 Å². The maximum atomic E-state index is 12.8. The first-order chi connectivity index (χ1) is 11.3. The number of nitrogens with one attached hydrogen (secondary N) is 2. The Kier molecular flexibility index (Phi) is 5.46. The Morgan fingerprint density at radius 1 is 1.17 bits per heavy atom. The van der Waals surface area contributed by atoms with E-state index in [4.69, 9.17) is 0 Å². The van der Waals surface area contributed by atoms with Gasteiger partial charge in [-0.2, -0.15) is 5.10 Å². The lowest BCUT2D eigenvalue weighted by molar-refractivity contribution is 0.175. The highest BCUT2D eigenvalue weighted by molar-refractivity contribution is 5.88. The molecule has 1 atom stereocenters. The first kappa shape index (κ1) is 17.8. The van der Waals surface area contributed by atoms with Gasteiger partial charge in [0.05, 0.1) is 11.8 Å². The second-order valence-corrected chi connectivity index (χ2v) is 6.46. The van der Waals surface area contributed by atoms with Crippen molar-refractivity contribution in [3.8, 4) is 0 Å². The zero-order valence-electron chi connectivity index (χ0n) is 13.9. The third-order valence-corrected chi connectivity index (χ3v) is 3.39. The largest absolute Gasteiger partial charge is 0.387 e. The molecule has 1 aromatic carbocycles. The van der Waals surface area contributed by atoms with E-state index in [-0.39, 0.29) is 17.8 Å². The second kappa shape index (κ2) is 7.35. The summed E-state index contributed by atoms with van der Waals surface area (Å²) in [6.45, 7) is 6.06. The van der Waals surface area contributed by atoms with Gasteiger partial charge in [-0.15, -0.1) is 5.10 Å². The molecular weight excluding hydrogens is 311 g/mol. The zero-order chi connectivity index (χ0) is 17.7. The molecule has 24 heavy (non-hydrogen) atoms. The predicted molar refractivity (Wildman–Crippen MR) is 89.1 cm³/mol. The Labute approximate surface area is 140 Å². The summed E-state index contributed by atoms with van der Waals surface area (Å²) >= 11 is 0. The standard InChI is InChI=1S/C17H21FN4O2/c1-17(2,3)14-8-9-15(22-21-14)20-16(24)19-10-13(23)11-4-6-12(18)7-5-11/h4-9,13,23H,10H2,1-3H3,(H2,19,20,22,24). The van der Waals surface area contributed by atoms with Crippen molar-refractivity contribution >= 4 is 11.8 Å². The summed E-state index contributed by atoms with van der Waals surface area (Å²) in [6, 6.07) is 8.41. The number of benzene rings is 1. The normalized spacial score (nSPS) is 12.5. The van der Waals surface area contributed by atoms with Crippen LogP contribution < -0.4 is 10.6 Å². The van der Waals surface area contributed by atoms with Crippen molar-refractivity contribution < 1.29 is 14.3 Å². The summed E-state index contributed by atoms with van der Waals surface area (Å²) < 4.78 is 12.8. The van der Waals surface area contributed by atoms with E-state index in [1.54, 1.807) is 12.1 Å². The van der Waals surface area contributed by atoms with Crippen molar-refractivity contribution in [2.75, 3.05) is 11.9 Å². The van der Waals surface area contributed by atoms with E-state index in [9.17, 15) is 14.3 Å². The fourth-order valence-corrected chi connectivity index (χ4v) is 1.95. The highest BCUT2D eigenvalue weighted by Gasteiger charge is 2.16. The summed E-state index contributed by atoms with van der Waals surface area (Å²) in [5.41, 5.74) is 1.22. The number of halogens is 1. The fourth-order valence-electron chi connectivity index (χ4n) is 1.95. The number of carbonyl (C=O) groups excluding carboxylic acids is 1. The van der Waals surface area contributed by atoms with Crippen molar-refractivity contribution in [2.24, 2.45) is 0 Å². The van der Waals surface area contributed by atoms with Gasteiger partial charge in [0.25, 0.3) is 0 Å². The molecule has 0 bridgehead atoms. The van der Waals surface area contributed by atoms with E-state index in [0.717, 1.165) is 5.69 Å². The number of rotatable bonds is 4. The number of aromatic nitrogens is 2. The van der Waals surface area contributed by atoms with Crippen LogP contribution in [-0.4, -0.2) is 27.9 Å². The molecule has 1 heterocycles. The number of hydrogen-bond acceptors (Lipinski definition) is 4. The molecule has 3 N–H and O–H groups in total. The van der Waals surface area contributed by atoms with E-state index in [1.807, 2.05) is 20.8 Å². The Hall–Kier alpha value is -2.54. The number of aliphatic hydroxyl groups is 1. The molecule has 128 valence electrons. The van der Waals surface area contributed by atoms with Gasteiger partial charge in [0.1, 0.15) is 5.82 Å². The number of nitrogens with zero attached hydrogens (tertiary/aromatic N) is 2. The van der Waals surface area contributed by atoms with Crippen LogP contribution in [0.1, 0.15) is 38.1 Å². The third kappa shape index (κ3) is 4.99. The topological polar surface area (TPSA) is 87.1 Å². The van der Waals surface area contributed by atoms with Crippen molar-refractivity contribution in [1.82, 2.24) is 15.5 Å². The number of carbonyl (C=O) groups is 1. The molecule has 2 rings (SSSR count). The first-order valence-corrected chi connectivity index (χ1v) is 7.58. The molecule has 0 radical (unpaired) electrons. The minimum Gasteiger partial charge on any atom is -0.387 e. The Balaban J connectivity index is 1.86. The fraction of sp³-hybridized carbons (Fsp3) is 0.353. The molecule has 2 amide bonds. The molecule has 1 unspecified atom stereocenters. The number of amides is 2. The van der Waals surface area contributed by atoms with Crippen molar-refractivity contribution in [1.29, 1.82) is 0 Å². The molecule has 0 saturated heterocycles. The number of urea groups is 1. The SMILES string of the molecule is CC(C)(C)c1ccc(NC(=O)NCC(O)c2ccc(F)cc2)nn1. The van der Waals surface area contributed by atoms with Gasteiger partial charge in [0.15, 0.2) is 5.82 Å². The lowest BCUT2D eigenvalue weighted by atomic mass is 9.92. The summed E-state index contributed by atoms with van der Waals surface area (Å²) in [5.74, 6) is -0.0642. The van der Waals surface area contributed by atoms with Crippen LogP contribution in [0.5, 0.6) is 0 Å². The molecule has 7 heteroatoms. The Morgan fingerprint density at radius 3 is 2.38 bits per heavy atom. The molecule has 0 aliphatic heterocycles. The van der Waals surface area contributed by atoms with Crippen LogP contribution in [-0.2, 0) is 5.41 Å². The van der Waals surface area contributed by atoms with Crippen LogP contribution >= 0.6 is 0 Å². The molecule has 0 aliphatic carbocycles. The Bertz CT molecular complexity index is 681. The van der Waals surface area contributed by atoms with Crippen molar-refractivity contribution in [2.45, 2.75) is 32.3 Å². The van der Waals surface area contributed by atoms with Gasteiger partial charge in [-0.25, -0.2) is 9.18 Å². The van der Waals surface area contributed by atoms with Gasteiger partial charge in [-0.1, -0.05) is 32.9 Å². The van der Waals surface area contributed by atoms with Gasteiger partial charge < -0.3 is 10.4 Å². The van der Waals surface area contributed by atoms with Gasteiger partial charge in [-0.3, -0.25) is 5.32 Å². The first-order valence-electron chi connectivity index (χ1n) is 7.58. The smallest absolute Gasteiger partial charge is 0.320 e. The van der Waals surface area contributed by atoms with Crippen LogP contribution in [0.25, 0.3) is 0 Å². The molecule has 0 spiro atoms. The quantitative estimate of drug-likeness (QED) is 0.803. The van der Waals surface area contributed by atoms with Crippen LogP contribution in [0.2, 0.25) is 0 Å². The van der Waals surface area contributed by atoms with Crippen LogP contribution in [0.4, 0.5) is 15.0 Å². The lowest BCUT2D eigenvalue weighted by Crippen LogP contribution is -2.32. The van der Waals surface area contributed by atoms with Crippen LogP contribution in [0.15, 0.2) is 36.4 Å². The molecule has 0 aliphatic rings. The van der Waals surface area contributed by atoms with Gasteiger partial charge >= 0.3 is 6.03 Å². The third-order valence-electron chi connectivity index (χ3n) is 3.39. The molecule has 6 nitrogen and oxygen atoms in total. The summed E-state index contributed by atoms with van der Waals surface area (Å²) in [6.07, 6.45) is -0.925. The molecular formula is C17H21FN4O2. The maximum Gasteiger partial charge on any atom is 0.320 e. The van der Waals surface area contributed by atoms with Crippen molar-refractivity contribution in [3.63, 3.8) is 0 Å². The van der Waals surface area contributed by atoms with E-state index in [2.05, 4.69) is 20.8 Å². The van der Waals surface area contributed by atoms with E-state index in [1.165, 1.54) is 24.3 Å². The van der Waals surface area contributed by atoms with Gasteiger partial charge in [-0.05, 0) is 29.8 Å². The minimum absolute atomic E-state index is 0.00896. The molecule has 0 fully saturated rings. The average Bonchev–Trinajstić information content (AvgIpc) is 2.53. The molecule has 1 aromatic heterocycles. The van der Waals surface area contributed by atoms with Crippen molar-refractivity contribution in [3.05, 3.63) is 53.5 Å². The monoisotopic (exact) mass is 332 g/mol. The minimum atomic E-state index is -0.925. The summed E-state index contributed by atoms with van der Waals surface area (Å²) in [5, 5.41) is 23.1. The molecule has 2 aromatic rings. The zero-order valence-corrected chi connectivity index (χ0v) is 13.9. The number of aliphatic hydroxyl groups excluding tert-OH is 1. The highest BCUT2D eigenvalue weighted by Crippen LogP contribution is 2.19. The Morgan fingerprint density at radius 2 is 1.83 bits per heavy atom. The van der Waals surface area contributed by atoms with E-state index >= 15 is 0 Å². The van der Waals surface area contributed by atoms with E-state index in [0.29, 0.717) is 11.4 Å². The average molecular weight is 332 g/mol. The predicted octanol–water partition coefficient (Wildman–Crippen LogP) is 2.77.